The lowest BCUT2D eigenvalue weighted by Gasteiger charge is -2.39. The van der Waals surface area contributed by atoms with Crippen LogP contribution in [0.4, 0.5) is 0 Å². The normalized spacial score (nSPS) is 20.0. The summed E-state index contributed by atoms with van der Waals surface area (Å²) < 4.78 is 4.67. The lowest BCUT2D eigenvalue weighted by Crippen LogP contribution is -2.48. The lowest BCUT2D eigenvalue weighted by molar-refractivity contribution is -0.140. The van der Waals surface area contributed by atoms with E-state index in [9.17, 15) is 4.79 Å². The van der Waals surface area contributed by atoms with Crippen molar-refractivity contribution in [1.29, 1.82) is 0 Å². The predicted molar refractivity (Wildman–Crippen MR) is 122 cm³/mol. The molecule has 0 spiro atoms. The molecular weight excluding hydrogens is 453 g/mol. The number of esters is 1. The first-order valence-corrected chi connectivity index (χ1v) is 9.80. The van der Waals surface area contributed by atoms with Crippen molar-refractivity contribution in [3.8, 4) is 0 Å². The Bertz CT molecular complexity index is 580. The Balaban J connectivity index is 0.00000364. The van der Waals surface area contributed by atoms with Gasteiger partial charge in [0.25, 0.3) is 0 Å². The zero-order valence-electron chi connectivity index (χ0n) is 16.8. The fourth-order valence-electron chi connectivity index (χ4n) is 3.63. The van der Waals surface area contributed by atoms with Gasteiger partial charge in [-0.05, 0) is 43.6 Å². The highest BCUT2D eigenvalue weighted by molar-refractivity contribution is 14.0. The number of methoxy groups -OCH3 is 1. The number of hydrogen-bond donors (Lipinski definition) is 1. The second-order valence-corrected chi connectivity index (χ2v) is 7.00. The molecule has 1 N–H and O–H groups in total. The molecule has 0 amide bonds. The van der Waals surface area contributed by atoms with Gasteiger partial charge in [0, 0.05) is 32.6 Å². The van der Waals surface area contributed by atoms with Crippen molar-refractivity contribution >= 4 is 35.9 Å². The number of likely N-dealkylation sites (tertiary alicyclic amines) is 1. The Morgan fingerprint density at radius 1 is 1.30 bits per heavy atom. The SMILES string of the molecule is CCNC(=NCCCCC(=O)OC)N1CCC(c2ccccc2)C(C)C1.I. The Labute approximate surface area is 181 Å². The van der Waals surface area contributed by atoms with E-state index in [-0.39, 0.29) is 29.9 Å². The lowest BCUT2D eigenvalue weighted by atomic mass is 9.82. The Kier molecular flexibility index (Phi) is 11.4. The molecule has 1 aromatic carbocycles. The van der Waals surface area contributed by atoms with E-state index in [2.05, 4.69) is 59.1 Å². The number of piperidine rings is 1. The van der Waals surface area contributed by atoms with Crippen molar-refractivity contribution in [2.24, 2.45) is 10.9 Å². The molecule has 1 fully saturated rings. The van der Waals surface area contributed by atoms with Gasteiger partial charge >= 0.3 is 5.97 Å². The van der Waals surface area contributed by atoms with Crippen LogP contribution < -0.4 is 5.32 Å². The number of nitrogens with zero attached hydrogens (tertiary/aromatic N) is 2. The van der Waals surface area contributed by atoms with Gasteiger partial charge in [-0.15, -0.1) is 24.0 Å². The fourth-order valence-corrected chi connectivity index (χ4v) is 3.63. The zero-order valence-corrected chi connectivity index (χ0v) is 19.1. The van der Waals surface area contributed by atoms with Crippen LogP contribution >= 0.6 is 24.0 Å². The van der Waals surface area contributed by atoms with E-state index >= 15 is 0 Å². The van der Waals surface area contributed by atoms with Gasteiger partial charge in [-0.3, -0.25) is 9.79 Å². The monoisotopic (exact) mass is 487 g/mol. The van der Waals surface area contributed by atoms with Crippen LogP contribution in [0.2, 0.25) is 0 Å². The van der Waals surface area contributed by atoms with Crippen molar-refractivity contribution in [2.45, 2.75) is 45.4 Å². The number of hydrogen-bond acceptors (Lipinski definition) is 3. The minimum Gasteiger partial charge on any atom is -0.469 e. The van der Waals surface area contributed by atoms with Crippen LogP contribution in [0.5, 0.6) is 0 Å². The number of halogens is 1. The number of carbonyl (C=O) groups excluding carboxylic acids is 1. The Morgan fingerprint density at radius 2 is 2.04 bits per heavy atom. The van der Waals surface area contributed by atoms with Gasteiger partial charge in [0.1, 0.15) is 0 Å². The number of carbonyl (C=O) groups is 1. The summed E-state index contributed by atoms with van der Waals surface area (Å²) in [6.07, 6.45) is 3.35. The maximum absolute atomic E-state index is 11.2. The first-order valence-electron chi connectivity index (χ1n) is 9.80. The number of benzene rings is 1. The van der Waals surface area contributed by atoms with Crippen molar-refractivity contribution < 1.29 is 9.53 Å². The molecule has 0 aliphatic carbocycles. The highest BCUT2D eigenvalue weighted by atomic mass is 127. The number of aliphatic imine (C=N–C) groups is 1. The molecule has 1 aliphatic rings. The average Bonchev–Trinajstić information content (AvgIpc) is 2.67. The summed E-state index contributed by atoms with van der Waals surface area (Å²) in [7, 11) is 1.43. The molecule has 1 saturated heterocycles. The van der Waals surface area contributed by atoms with Crippen LogP contribution in [-0.4, -0.2) is 50.1 Å². The second-order valence-electron chi connectivity index (χ2n) is 7.00. The molecule has 1 aromatic rings. The summed E-state index contributed by atoms with van der Waals surface area (Å²) in [6, 6.07) is 10.8. The number of ether oxygens (including phenoxy) is 1. The van der Waals surface area contributed by atoms with Gasteiger partial charge in [-0.2, -0.15) is 0 Å². The molecule has 1 aliphatic heterocycles. The minimum atomic E-state index is -0.141. The molecule has 152 valence electrons. The standard InChI is InChI=1S/C21H33N3O2.HI/c1-4-22-21(23-14-9-8-12-20(25)26-3)24-15-13-19(17(2)16-24)18-10-6-5-7-11-18;/h5-7,10-11,17,19H,4,8-9,12-16H2,1-3H3,(H,22,23);1H. The summed E-state index contributed by atoms with van der Waals surface area (Å²) in [4.78, 5) is 18.3. The highest BCUT2D eigenvalue weighted by Crippen LogP contribution is 2.32. The predicted octanol–water partition coefficient (Wildman–Crippen LogP) is 4.04. The first kappa shape index (κ1) is 23.7. The van der Waals surface area contributed by atoms with Crippen LogP contribution in [0.15, 0.2) is 35.3 Å². The second kappa shape index (κ2) is 13.0. The van der Waals surface area contributed by atoms with Gasteiger partial charge in [0.15, 0.2) is 5.96 Å². The minimum absolute atomic E-state index is 0. The van der Waals surface area contributed by atoms with E-state index in [4.69, 9.17) is 4.99 Å². The molecule has 2 rings (SSSR count). The number of guanidine groups is 1. The third-order valence-electron chi connectivity index (χ3n) is 5.05. The first-order chi connectivity index (χ1) is 12.7. The van der Waals surface area contributed by atoms with E-state index in [1.165, 1.54) is 12.7 Å². The van der Waals surface area contributed by atoms with Gasteiger partial charge in [0.2, 0.25) is 0 Å². The van der Waals surface area contributed by atoms with Crippen LogP contribution in [0.3, 0.4) is 0 Å². The highest BCUT2D eigenvalue weighted by Gasteiger charge is 2.28. The number of unbranched alkanes of at least 4 members (excludes halogenated alkanes) is 1. The number of rotatable bonds is 7. The van der Waals surface area contributed by atoms with E-state index in [0.29, 0.717) is 18.3 Å². The molecule has 0 bridgehead atoms. The smallest absolute Gasteiger partial charge is 0.305 e. The molecule has 2 atom stereocenters. The fraction of sp³-hybridized carbons (Fsp3) is 0.619. The molecule has 0 saturated carbocycles. The van der Waals surface area contributed by atoms with Gasteiger partial charge in [-0.25, -0.2) is 0 Å². The average molecular weight is 487 g/mol. The maximum Gasteiger partial charge on any atom is 0.305 e. The third kappa shape index (κ3) is 7.68. The molecule has 2 unspecified atom stereocenters. The van der Waals surface area contributed by atoms with Crippen LogP contribution in [0.1, 0.15) is 51.0 Å². The van der Waals surface area contributed by atoms with Crippen LogP contribution in [0, 0.1) is 5.92 Å². The Morgan fingerprint density at radius 3 is 2.67 bits per heavy atom. The molecule has 1 heterocycles. The van der Waals surface area contributed by atoms with Crippen molar-refractivity contribution in [3.63, 3.8) is 0 Å². The summed E-state index contributed by atoms with van der Waals surface area (Å²) >= 11 is 0. The molecule has 5 nitrogen and oxygen atoms in total. The molecule has 0 radical (unpaired) electrons. The largest absolute Gasteiger partial charge is 0.469 e. The van der Waals surface area contributed by atoms with Crippen molar-refractivity contribution in [2.75, 3.05) is 33.3 Å². The van der Waals surface area contributed by atoms with E-state index < -0.39 is 0 Å². The van der Waals surface area contributed by atoms with Gasteiger partial charge in [-0.1, -0.05) is 37.3 Å². The van der Waals surface area contributed by atoms with Crippen LogP contribution in [-0.2, 0) is 9.53 Å². The van der Waals surface area contributed by atoms with E-state index in [1.54, 1.807) is 0 Å². The topological polar surface area (TPSA) is 53.9 Å². The third-order valence-corrected chi connectivity index (χ3v) is 5.05. The van der Waals surface area contributed by atoms with Crippen LogP contribution in [0.25, 0.3) is 0 Å². The summed E-state index contributed by atoms with van der Waals surface area (Å²) in [5, 5.41) is 3.42. The summed E-state index contributed by atoms with van der Waals surface area (Å²) in [5.41, 5.74) is 1.45. The van der Waals surface area contributed by atoms with Gasteiger partial charge < -0.3 is 15.0 Å². The molecular formula is C21H34IN3O2. The molecule has 0 aromatic heterocycles. The van der Waals surface area contributed by atoms with E-state index in [1.807, 2.05) is 0 Å². The van der Waals surface area contributed by atoms with Crippen molar-refractivity contribution in [3.05, 3.63) is 35.9 Å². The molecule has 27 heavy (non-hydrogen) atoms. The summed E-state index contributed by atoms with van der Waals surface area (Å²) in [6.45, 7) is 8.10. The Hall–Kier alpha value is -1.31. The van der Waals surface area contributed by atoms with E-state index in [0.717, 1.165) is 51.4 Å². The zero-order chi connectivity index (χ0) is 18.8. The quantitative estimate of drug-likeness (QED) is 0.208. The van der Waals surface area contributed by atoms with Crippen molar-refractivity contribution in [1.82, 2.24) is 10.2 Å². The number of nitrogens with one attached hydrogen (secondary N) is 1. The molecule has 6 heteroatoms. The summed E-state index contributed by atoms with van der Waals surface area (Å²) in [5.74, 6) is 2.08. The maximum atomic E-state index is 11.2. The van der Waals surface area contributed by atoms with Gasteiger partial charge in [0.05, 0.1) is 7.11 Å².